The number of amides is 2. The van der Waals surface area contributed by atoms with E-state index in [0.29, 0.717) is 30.0 Å². The van der Waals surface area contributed by atoms with Gasteiger partial charge >= 0.3 is 0 Å². The number of piperidine rings is 1. The van der Waals surface area contributed by atoms with Gasteiger partial charge in [-0.1, -0.05) is 42.8 Å². The van der Waals surface area contributed by atoms with E-state index in [2.05, 4.69) is 10.6 Å². The first-order chi connectivity index (χ1) is 16.9. The minimum Gasteiger partial charge on any atom is -0.483 e. The molecule has 0 aliphatic carbocycles. The number of para-hydroxylation sites is 2. The Balaban J connectivity index is 1.39. The molecule has 0 aromatic heterocycles. The van der Waals surface area contributed by atoms with Crippen molar-refractivity contribution in [2.45, 2.75) is 24.2 Å². The molecule has 0 bridgehead atoms. The molecule has 2 amide bonds. The number of hydrogen-bond acceptors (Lipinski definition) is 5. The number of carbonyl (C=O) groups excluding carboxylic acids is 2. The maximum absolute atomic E-state index is 12.9. The zero-order valence-corrected chi connectivity index (χ0v) is 20.0. The highest BCUT2D eigenvalue weighted by molar-refractivity contribution is 7.89. The SMILES string of the molecule is O=C(COc1ccccc1C(=O)Nc1ccccc1)Nc1cccc(S(=O)(=O)N2CCCCC2)c1. The second-order valence-electron chi connectivity index (χ2n) is 8.15. The van der Waals surface area contributed by atoms with Gasteiger partial charge in [-0.05, 0) is 55.3 Å². The molecule has 9 heteroatoms. The van der Waals surface area contributed by atoms with E-state index < -0.39 is 15.9 Å². The van der Waals surface area contributed by atoms with Crippen LogP contribution in [0.25, 0.3) is 0 Å². The van der Waals surface area contributed by atoms with Crippen LogP contribution in [0.4, 0.5) is 11.4 Å². The Morgan fingerprint density at radius 1 is 0.800 bits per heavy atom. The Hall–Kier alpha value is -3.69. The van der Waals surface area contributed by atoms with Crippen LogP contribution < -0.4 is 15.4 Å². The highest BCUT2D eigenvalue weighted by Crippen LogP contribution is 2.23. The first-order valence-corrected chi connectivity index (χ1v) is 12.9. The van der Waals surface area contributed by atoms with Crippen LogP contribution in [0, 0.1) is 0 Å². The summed E-state index contributed by atoms with van der Waals surface area (Å²) < 4.78 is 32.9. The van der Waals surface area contributed by atoms with Gasteiger partial charge in [0, 0.05) is 24.5 Å². The second-order valence-corrected chi connectivity index (χ2v) is 10.1. The predicted molar refractivity (Wildman–Crippen MR) is 134 cm³/mol. The van der Waals surface area contributed by atoms with Gasteiger partial charge < -0.3 is 15.4 Å². The van der Waals surface area contributed by atoms with Gasteiger partial charge in [-0.25, -0.2) is 8.42 Å². The van der Waals surface area contributed by atoms with Gasteiger partial charge in [0.05, 0.1) is 10.5 Å². The van der Waals surface area contributed by atoms with Gasteiger partial charge in [-0.3, -0.25) is 9.59 Å². The normalized spacial score (nSPS) is 14.2. The lowest BCUT2D eigenvalue weighted by Crippen LogP contribution is -2.35. The summed E-state index contributed by atoms with van der Waals surface area (Å²) >= 11 is 0. The number of nitrogens with one attached hydrogen (secondary N) is 2. The predicted octanol–water partition coefficient (Wildman–Crippen LogP) is 4.13. The summed E-state index contributed by atoms with van der Waals surface area (Å²) in [6.45, 7) is 0.659. The molecule has 4 rings (SSSR count). The third-order valence-electron chi connectivity index (χ3n) is 5.59. The van der Waals surface area contributed by atoms with Crippen LogP contribution in [0.5, 0.6) is 5.75 Å². The summed E-state index contributed by atoms with van der Waals surface area (Å²) in [6, 6.07) is 21.9. The Morgan fingerprint density at radius 3 is 2.26 bits per heavy atom. The first kappa shape index (κ1) is 24.4. The van der Waals surface area contributed by atoms with Crippen LogP contribution >= 0.6 is 0 Å². The molecule has 0 spiro atoms. The zero-order valence-electron chi connectivity index (χ0n) is 19.1. The molecular formula is C26H27N3O5S. The van der Waals surface area contributed by atoms with Crippen molar-refractivity contribution in [3.05, 3.63) is 84.4 Å². The number of sulfonamides is 1. The van der Waals surface area contributed by atoms with Crippen molar-refractivity contribution in [1.29, 1.82) is 0 Å². The van der Waals surface area contributed by atoms with Gasteiger partial charge in [0.1, 0.15) is 5.75 Å². The molecule has 1 saturated heterocycles. The van der Waals surface area contributed by atoms with Gasteiger partial charge in [0.25, 0.3) is 11.8 Å². The molecule has 0 unspecified atom stereocenters. The van der Waals surface area contributed by atoms with E-state index in [1.807, 2.05) is 18.2 Å². The molecule has 1 fully saturated rings. The average Bonchev–Trinajstić information content (AvgIpc) is 2.89. The van der Waals surface area contributed by atoms with Crippen molar-refractivity contribution in [2.24, 2.45) is 0 Å². The number of ether oxygens (including phenoxy) is 1. The Kier molecular flexibility index (Phi) is 7.79. The van der Waals surface area contributed by atoms with Crippen LogP contribution in [0.3, 0.4) is 0 Å². The lowest BCUT2D eigenvalue weighted by atomic mass is 10.2. The van der Waals surface area contributed by atoms with Gasteiger partial charge in [0.2, 0.25) is 10.0 Å². The average molecular weight is 494 g/mol. The molecule has 1 aliphatic heterocycles. The topological polar surface area (TPSA) is 105 Å². The summed E-state index contributed by atoms with van der Waals surface area (Å²) in [5.74, 6) is -0.573. The summed E-state index contributed by atoms with van der Waals surface area (Å²) in [5, 5.41) is 5.46. The van der Waals surface area contributed by atoms with E-state index in [4.69, 9.17) is 4.74 Å². The second kappa shape index (κ2) is 11.2. The number of benzene rings is 3. The summed E-state index contributed by atoms with van der Waals surface area (Å²) in [7, 11) is -3.61. The summed E-state index contributed by atoms with van der Waals surface area (Å²) in [6.07, 6.45) is 2.72. The largest absolute Gasteiger partial charge is 0.483 e. The minimum absolute atomic E-state index is 0.140. The van der Waals surface area contributed by atoms with E-state index in [1.54, 1.807) is 48.5 Å². The van der Waals surface area contributed by atoms with Crippen LogP contribution in [-0.2, 0) is 14.8 Å². The van der Waals surface area contributed by atoms with E-state index in [-0.39, 0.29) is 23.2 Å². The fraction of sp³-hybridized carbons (Fsp3) is 0.231. The van der Waals surface area contributed by atoms with Crippen molar-refractivity contribution in [3.63, 3.8) is 0 Å². The lowest BCUT2D eigenvalue weighted by Gasteiger charge is -2.26. The summed E-state index contributed by atoms with van der Waals surface area (Å²) in [5.41, 5.74) is 1.29. The standard InChI is InChI=1S/C26H27N3O5S/c30-25(27-21-12-9-13-22(18-21)35(32,33)29-16-7-2-8-17-29)19-34-24-15-6-5-14-23(24)26(31)28-20-10-3-1-4-11-20/h1,3-6,9-15,18H,2,7-8,16-17,19H2,(H,27,30)(H,28,31). The highest BCUT2D eigenvalue weighted by Gasteiger charge is 2.26. The van der Waals surface area contributed by atoms with Crippen LogP contribution in [0.15, 0.2) is 83.8 Å². The third-order valence-corrected chi connectivity index (χ3v) is 7.49. The fourth-order valence-corrected chi connectivity index (χ4v) is 5.39. The number of carbonyl (C=O) groups is 2. The van der Waals surface area contributed by atoms with Crippen molar-refractivity contribution in [1.82, 2.24) is 4.31 Å². The molecule has 3 aromatic carbocycles. The summed E-state index contributed by atoms with van der Waals surface area (Å²) in [4.78, 5) is 25.3. The Labute approximate surface area is 205 Å². The fourth-order valence-electron chi connectivity index (χ4n) is 3.83. The molecule has 0 atom stereocenters. The molecule has 0 radical (unpaired) electrons. The van der Waals surface area contributed by atoms with E-state index in [1.165, 1.54) is 16.4 Å². The van der Waals surface area contributed by atoms with Crippen LogP contribution in [0.2, 0.25) is 0 Å². The number of anilines is 2. The van der Waals surface area contributed by atoms with Crippen molar-refractivity contribution < 1.29 is 22.7 Å². The molecule has 1 aliphatic rings. The van der Waals surface area contributed by atoms with Crippen molar-refractivity contribution >= 4 is 33.2 Å². The van der Waals surface area contributed by atoms with Gasteiger partial charge in [-0.15, -0.1) is 0 Å². The smallest absolute Gasteiger partial charge is 0.262 e. The van der Waals surface area contributed by atoms with Gasteiger partial charge in [0.15, 0.2) is 6.61 Å². The molecule has 0 saturated carbocycles. The molecule has 2 N–H and O–H groups in total. The third kappa shape index (κ3) is 6.26. The van der Waals surface area contributed by atoms with Gasteiger partial charge in [-0.2, -0.15) is 4.31 Å². The number of hydrogen-bond donors (Lipinski definition) is 2. The molecule has 182 valence electrons. The number of rotatable bonds is 8. The lowest BCUT2D eigenvalue weighted by molar-refractivity contribution is -0.118. The highest BCUT2D eigenvalue weighted by atomic mass is 32.2. The first-order valence-electron chi connectivity index (χ1n) is 11.4. The van der Waals surface area contributed by atoms with Crippen molar-refractivity contribution in [3.8, 4) is 5.75 Å². The number of nitrogens with zero attached hydrogens (tertiary/aromatic N) is 1. The maximum atomic E-state index is 12.9. The monoisotopic (exact) mass is 493 g/mol. The molecule has 3 aromatic rings. The van der Waals surface area contributed by atoms with E-state index >= 15 is 0 Å². The van der Waals surface area contributed by atoms with Crippen molar-refractivity contribution in [2.75, 3.05) is 30.3 Å². The minimum atomic E-state index is -3.61. The quantitative estimate of drug-likeness (QED) is 0.491. The van der Waals surface area contributed by atoms with E-state index in [0.717, 1.165) is 19.3 Å². The molecular weight excluding hydrogens is 466 g/mol. The zero-order chi connectivity index (χ0) is 24.7. The Morgan fingerprint density at radius 2 is 1.49 bits per heavy atom. The molecule has 35 heavy (non-hydrogen) atoms. The van der Waals surface area contributed by atoms with Crippen LogP contribution in [0.1, 0.15) is 29.6 Å². The molecule has 8 nitrogen and oxygen atoms in total. The molecule has 1 heterocycles. The Bertz CT molecular complexity index is 1290. The van der Waals surface area contributed by atoms with Crippen LogP contribution in [-0.4, -0.2) is 44.2 Å². The van der Waals surface area contributed by atoms with E-state index in [9.17, 15) is 18.0 Å². The maximum Gasteiger partial charge on any atom is 0.262 e.